The lowest BCUT2D eigenvalue weighted by Gasteiger charge is -2.11. The van der Waals surface area contributed by atoms with Gasteiger partial charge in [-0.15, -0.1) is 0 Å². The summed E-state index contributed by atoms with van der Waals surface area (Å²) in [5.41, 5.74) is 0. The van der Waals surface area contributed by atoms with Crippen LogP contribution in [-0.2, 0) is 16.3 Å². The molecule has 0 aromatic heterocycles. The van der Waals surface area contributed by atoms with Gasteiger partial charge in [0.25, 0.3) is 0 Å². The monoisotopic (exact) mass is 164 g/mol. The Bertz CT molecular complexity index is 146. The van der Waals surface area contributed by atoms with Crippen molar-refractivity contribution in [2.24, 2.45) is 0 Å². The summed E-state index contributed by atoms with van der Waals surface area (Å²) in [6.45, 7) is 4.25. The van der Waals surface area contributed by atoms with Crippen molar-refractivity contribution in [2.45, 2.75) is 26.4 Å². The smallest absolute Gasteiger partial charge is 0.0676 e. The van der Waals surface area contributed by atoms with Gasteiger partial charge in [-0.1, -0.05) is 18.7 Å². The van der Waals surface area contributed by atoms with Gasteiger partial charge in [0.05, 0.1) is 12.4 Å². The maximum Gasteiger partial charge on any atom is 0.0676 e. The van der Waals surface area contributed by atoms with Crippen molar-refractivity contribution in [3.63, 3.8) is 0 Å². The van der Waals surface area contributed by atoms with E-state index in [9.17, 15) is 0 Å². The Morgan fingerprint density at radius 1 is 1.78 bits per heavy atom. The summed E-state index contributed by atoms with van der Waals surface area (Å²) in [5.74, 6) is 0. The molecule has 0 aromatic carbocycles. The van der Waals surface area contributed by atoms with E-state index in [4.69, 9.17) is 16.3 Å². The second-order valence-electron chi connectivity index (χ2n) is 2.56. The van der Waals surface area contributed by atoms with Crippen LogP contribution in [0.5, 0.6) is 0 Å². The lowest BCUT2D eigenvalue weighted by atomic mass is 10.3. The number of rotatable bonds is 1. The summed E-state index contributed by atoms with van der Waals surface area (Å²) in [5, 5.41) is 0. The average molecular weight is 164 g/mol. The molecule has 0 spiro atoms. The van der Waals surface area contributed by atoms with Crippen LogP contribution in [0, 0.1) is 0 Å². The number of hydrogen-bond acceptors (Lipinski definition) is 2. The van der Waals surface area contributed by atoms with E-state index in [2.05, 4.69) is 13.8 Å². The zero-order chi connectivity index (χ0) is 6.91. The fraction of sp³-hybridized carbons (Fsp3) is 1.00. The fourth-order valence-electron chi connectivity index (χ4n) is 1.04. The topological polar surface area (TPSA) is 9.23 Å². The quantitative estimate of drug-likeness (QED) is 0.549. The average Bonchev–Trinajstić information content (AvgIpc) is 2.13. The molecule has 0 N–H and O–H groups in total. The minimum absolute atomic E-state index is 0.441. The fourth-order valence-corrected chi connectivity index (χ4v) is 3.89. The molecule has 1 nitrogen and oxygen atoms in total. The molecule has 1 aliphatic heterocycles. The zero-order valence-electron chi connectivity index (χ0n) is 5.96. The molecular formula is C6H13OPS. The van der Waals surface area contributed by atoms with E-state index in [-0.39, 0.29) is 0 Å². The van der Waals surface area contributed by atoms with Gasteiger partial charge in [-0.2, -0.15) is 0 Å². The highest BCUT2D eigenvalue weighted by atomic mass is 32.4. The van der Waals surface area contributed by atoms with Crippen LogP contribution < -0.4 is 0 Å². The molecule has 1 aliphatic rings. The Kier molecular flexibility index (Phi) is 2.31. The normalized spacial score (nSPS) is 43.6. The summed E-state index contributed by atoms with van der Waals surface area (Å²) in [4.78, 5) is 0. The number of hydrogen-bond donors (Lipinski definition) is 0. The lowest BCUT2D eigenvalue weighted by molar-refractivity contribution is 0.273. The van der Waals surface area contributed by atoms with Crippen LogP contribution in [0.1, 0.15) is 20.3 Å². The van der Waals surface area contributed by atoms with E-state index >= 15 is 0 Å². The maximum atomic E-state index is 5.62. The van der Waals surface area contributed by atoms with E-state index in [1.165, 1.54) is 12.6 Å². The van der Waals surface area contributed by atoms with Crippen LogP contribution in [0.2, 0.25) is 0 Å². The Hall–Kier alpha value is 0.610. The Labute approximate surface area is 61.9 Å². The van der Waals surface area contributed by atoms with Gasteiger partial charge in [-0.25, -0.2) is 0 Å². The second-order valence-corrected chi connectivity index (χ2v) is 7.48. The Balaban J connectivity index is 2.55. The van der Waals surface area contributed by atoms with Gasteiger partial charge in [0.15, 0.2) is 0 Å². The third kappa shape index (κ3) is 1.76. The van der Waals surface area contributed by atoms with Crippen molar-refractivity contribution in [3.05, 3.63) is 0 Å². The third-order valence-corrected chi connectivity index (χ3v) is 5.96. The van der Waals surface area contributed by atoms with Crippen molar-refractivity contribution < 1.29 is 4.52 Å². The SMILES string of the molecule is CC[P@]1(=S)CC[C@@H](C)O1. The van der Waals surface area contributed by atoms with Gasteiger partial charge in [-0.3, -0.25) is 0 Å². The van der Waals surface area contributed by atoms with Crippen molar-refractivity contribution in [3.8, 4) is 0 Å². The van der Waals surface area contributed by atoms with Crippen LogP contribution in [0.25, 0.3) is 0 Å². The molecule has 0 aliphatic carbocycles. The van der Waals surface area contributed by atoms with Gasteiger partial charge in [-0.05, 0) is 19.5 Å². The summed E-state index contributed by atoms with van der Waals surface area (Å²) in [6, 6.07) is 0. The predicted octanol–water partition coefficient (Wildman–Crippen LogP) is 2.21. The van der Waals surface area contributed by atoms with E-state index in [0.717, 1.165) is 6.16 Å². The van der Waals surface area contributed by atoms with Crippen molar-refractivity contribution in [1.82, 2.24) is 0 Å². The summed E-state index contributed by atoms with van der Waals surface area (Å²) >= 11 is 5.33. The largest absolute Gasteiger partial charge is 0.348 e. The minimum atomic E-state index is -1.27. The Morgan fingerprint density at radius 3 is 2.67 bits per heavy atom. The highest BCUT2D eigenvalue weighted by molar-refractivity contribution is 8.12. The summed E-state index contributed by atoms with van der Waals surface area (Å²) < 4.78 is 5.62. The molecule has 0 radical (unpaired) electrons. The molecule has 3 heteroatoms. The standard InChI is InChI=1S/C6H13OPS/c1-3-8(9)5-4-6(2)7-8/h6H,3-5H2,1-2H3/t6-,8+/m1/s1. The molecule has 2 atom stereocenters. The summed E-state index contributed by atoms with van der Waals surface area (Å²) in [6.07, 6.45) is 2.60. The molecule has 9 heavy (non-hydrogen) atoms. The first-order valence-corrected chi connectivity index (χ1v) is 6.52. The molecular weight excluding hydrogens is 151 g/mol. The molecule has 0 aromatic rings. The van der Waals surface area contributed by atoms with E-state index in [1.54, 1.807) is 0 Å². The molecule has 0 saturated carbocycles. The first-order valence-electron chi connectivity index (χ1n) is 3.43. The van der Waals surface area contributed by atoms with E-state index in [1.807, 2.05) is 0 Å². The Morgan fingerprint density at radius 2 is 2.44 bits per heavy atom. The van der Waals surface area contributed by atoms with Gasteiger partial charge in [0.2, 0.25) is 0 Å². The van der Waals surface area contributed by atoms with E-state index in [0.29, 0.717) is 6.10 Å². The zero-order valence-corrected chi connectivity index (χ0v) is 7.67. The first-order chi connectivity index (χ1) is 4.16. The van der Waals surface area contributed by atoms with Crippen molar-refractivity contribution in [1.29, 1.82) is 0 Å². The predicted molar refractivity (Wildman–Crippen MR) is 44.9 cm³/mol. The van der Waals surface area contributed by atoms with Crippen LogP contribution in [0.4, 0.5) is 0 Å². The van der Waals surface area contributed by atoms with Crippen LogP contribution >= 0.6 is 6.26 Å². The molecule has 1 saturated heterocycles. The molecule has 0 unspecified atom stereocenters. The molecule has 0 bridgehead atoms. The lowest BCUT2D eigenvalue weighted by Crippen LogP contribution is -1.94. The molecule has 54 valence electrons. The van der Waals surface area contributed by atoms with Crippen LogP contribution in [0.15, 0.2) is 0 Å². The molecule has 1 fully saturated rings. The highest BCUT2D eigenvalue weighted by Gasteiger charge is 2.26. The summed E-state index contributed by atoms with van der Waals surface area (Å²) in [7, 11) is 0. The molecule has 1 heterocycles. The minimum Gasteiger partial charge on any atom is -0.348 e. The van der Waals surface area contributed by atoms with Crippen LogP contribution in [0.3, 0.4) is 0 Å². The maximum absolute atomic E-state index is 5.62. The molecule has 0 amide bonds. The van der Waals surface area contributed by atoms with Gasteiger partial charge in [0.1, 0.15) is 0 Å². The van der Waals surface area contributed by atoms with Crippen molar-refractivity contribution >= 4 is 18.1 Å². The van der Waals surface area contributed by atoms with Crippen molar-refractivity contribution in [2.75, 3.05) is 12.3 Å². The van der Waals surface area contributed by atoms with Gasteiger partial charge >= 0.3 is 0 Å². The van der Waals surface area contributed by atoms with Crippen LogP contribution in [-0.4, -0.2) is 18.4 Å². The van der Waals surface area contributed by atoms with E-state index < -0.39 is 6.26 Å². The molecule has 1 rings (SSSR count). The first kappa shape index (κ1) is 7.71. The van der Waals surface area contributed by atoms with Gasteiger partial charge < -0.3 is 4.52 Å². The third-order valence-electron chi connectivity index (χ3n) is 1.73. The highest BCUT2D eigenvalue weighted by Crippen LogP contribution is 2.53. The second kappa shape index (κ2) is 2.69. The van der Waals surface area contributed by atoms with Gasteiger partial charge in [0, 0.05) is 6.16 Å².